The van der Waals surface area contributed by atoms with E-state index >= 15 is 0 Å². The summed E-state index contributed by atoms with van der Waals surface area (Å²) in [4.78, 5) is 52.7. The van der Waals surface area contributed by atoms with Crippen molar-refractivity contribution in [3.05, 3.63) is 140 Å². The minimum absolute atomic E-state index is 0.171. The number of methoxy groups -OCH3 is 1. The molecule has 0 aliphatic rings. The van der Waals surface area contributed by atoms with E-state index in [2.05, 4.69) is 15.9 Å². The third-order valence-electron chi connectivity index (χ3n) is 7.46. The van der Waals surface area contributed by atoms with Gasteiger partial charge in [0.25, 0.3) is 0 Å². The van der Waals surface area contributed by atoms with Crippen molar-refractivity contribution in [3.63, 3.8) is 0 Å². The van der Waals surface area contributed by atoms with E-state index in [0.717, 1.165) is 4.47 Å². The first kappa shape index (κ1) is 30.1. The van der Waals surface area contributed by atoms with Crippen LogP contribution in [0.25, 0.3) is 22.2 Å². The first-order valence-corrected chi connectivity index (χ1v) is 15.0. The lowest BCUT2D eigenvalue weighted by atomic mass is 10.1. The van der Waals surface area contributed by atoms with E-state index in [0.29, 0.717) is 44.0 Å². The number of ketones is 2. The summed E-state index contributed by atoms with van der Waals surface area (Å²) in [6, 6.07) is 23.7. The van der Waals surface area contributed by atoms with Gasteiger partial charge in [0.1, 0.15) is 0 Å². The molecule has 6 aromatic rings. The standard InChI is InChI=1S/C35H24BrClN2O6/c1-3-45-35(43)27-19-31(32(40)20-4-8-24(36)9-5-20)39-15-13-23(17-29(27)39)22-12-14-38-28(16-22)26(34(42)44-2)18-30(38)33(41)21-6-10-25(37)11-7-21/h4-19H,3H2,1-2H3. The van der Waals surface area contributed by atoms with E-state index in [4.69, 9.17) is 21.1 Å². The summed E-state index contributed by atoms with van der Waals surface area (Å²) in [5, 5.41) is 0.502. The Bertz CT molecular complexity index is 2150. The predicted molar refractivity (Wildman–Crippen MR) is 174 cm³/mol. The average molecular weight is 684 g/mol. The van der Waals surface area contributed by atoms with Gasteiger partial charge < -0.3 is 18.3 Å². The summed E-state index contributed by atoms with van der Waals surface area (Å²) < 4.78 is 14.5. The summed E-state index contributed by atoms with van der Waals surface area (Å²) in [6.45, 7) is 1.89. The zero-order valence-corrected chi connectivity index (χ0v) is 26.4. The number of ether oxygens (including phenoxy) is 2. The molecule has 0 bridgehead atoms. The largest absolute Gasteiger partial charge is 0.465 e. The van der Waals surface area contributed by atoms with E-state index in [1.165, 1.54) is 13.2 Å². The summed E-state index contributed by atoms with van der Waals surface area (Å²) in [7, 11) is 1.28. The fourth-order valence-electron chi connectivity index (χ4n) is 5.25. The molecular weight excluding hydrogens is 660 g/mol. The molecule has 10 heteroatoms. The number of hydrogen-bond acceptors (Lipinski definition) is 6. The van der Waals surface area contributed by atoms with Crippen molar-refractivity contribution in [2.24, 2.45) is 0 Å². The highest BCUT2D eigenvalue weighted by molar-refractivity contribution is 9.10. The summed E-state index contributed by atoms with van der Waals surface area (Å²) in [6.07, 6.45) is 3.43. The number of nitrogens with zero attached hydrogens (tertiary/aromatic N) is 2. The van der Waals surface area contributed by atoms with Crippen LogP contribution < -0.4 is 0 Å². The van der Waals surface area contributed by atoms with Gasteiger partial charge in [0.2, 0.25) is 11.6 Å². The summed E-state index contributed by atoms with van der Waals surface area (Å²) in [5.41, 5.74) is 4.29. The lowest BCUT2D eigenvalue weighted by Crippen LogP contribution is -2.05. The monoisotopic (exact) mass is 682 g/mol. The van der Waals surface area contributed by atoms with Crippen LogP contribution in [0.1, 0.15) is 59.7 Å². The second-order valence-electron chi connectivity index (χ2n) is 10.1. The van der Waals surface area contributed by atoms with E-state index in [1.54, 1.807) is 101 Å². The molecule has 2 aromatic carbocycles. The quantitative estimate of drug-likeness (QED) is 0.121. The SMILES string of the molecule is CCOC(=O)c1cc(C(=O)c2ccc(Br)cc2)n2ccc(-c3ccn4c(C(=O)c5ccc(Cl)cc5)cc(C(=O)OC)c4c3)cc12. The lowest BCUT2D eigenvalue weighted by molar-refractivity contribution is 0.0527. The molecule has 0 radical (unpaired) electrons. The van der Waals surface area contributed by atoms with Crippen molar-refractivity contribution in [2.45, 2.75) is 6.92 Å². The normalized spacial score (nSPS) is 11.1. The predicted octanol–water partition coefficient (Wildman–Crippen LogP) is 7.70. The molecule has 0 unspecified atom stereocenters. The number of hydrogen-bond donors (Lipinski definition) is 0. The number of fused-ring (bicyclic) bond motifs is 2. The van der Waals surface area contributed by atoms with Crippen LogP contribution in [0.3, 0.4) is 0 Å². The lowest BCUT2D eigenvalue weighted by Gasteiger charge is -2.09. The van der Waals surface area contributed by atoms with Gasteiger partial charge >= 0.3 is 11.9 Å². The van der Waals surface area contributed by atoms with Crippen LogP contribution in [-0.2, 0) is 9.47 Å². The number of esters is 2. The highest BCUT2D eigenvalue weighted by Crippen LogP contribution is 2.30. The van der Waals surface area contributed by atoms with Crippen LogP contribution in [0, 0.1) is 0 Å². The molecule has 0 aliphatic heterocycles. The minimum Gasteiger partial charge on any atom is -0.465 e. The van der Waals surface area contributed by atoms with Crippen molar-refractivity contribution in [3.8, 4) is 11.1 Å². The highest BCUT2D eigenvalue weighted by Gasteiger charge is 2.24. The van der Waals surface area contributed by atoms with Gasteiger partial charge in [-0.3, -0.25) is 9.59 Å². The van der Waals surface area contributed by atoms with Gasteiger partial charge in [0.05, 0.1) is 47.3 Å². The molecule has 45 heavy (non-hydrogen) atoms. The molecule has 224 valence electrons. The molecule has 4 aromatic heterocycles. The van der Waals surface area contributed by atoms with Gasteiger partial charge in [-0.1, -0.05) is 27.5 Å². The van der Waals surface area contributed by atoms with Crippen LogP contribution in [-0.4, -0.2) is 46.0 Å². The molecule has 0 aliphatic carbocycles. The highest BCUT2D eigenvalue weighted by atomic mass is 79.9. The fourth-order valence-corrected chi connectivity index (χ4v) is 5.64. The minimum atomic E-state index is -0.595. The molecule has 8 nitrogen and oxygen atoms in total. The van der Waals surface area contributed by atoms with Crippen molar-refractivity contribution >= 4 is 62.1 Å². The molecule has 0 saturated heterocycles. The van der Waals surface area contributed by atoms with Gasteiger partial charge in [0.15, 0.2) is 0 Å². The zero-order valence-electron chi connectivity index (χ0n) is 24.0. The number of aromatic nitrogens is 2. The first-order valence-electron chi connectivity index (χ1n) is 13.9. The Balaban J connectivity index is 1.48. The van der Waals surface area contributed by atoms with Gasteiger partial charge in [-0.15, -0.1) is 0 Å². The third-order valence-corrected chi connectivity index (χ3v) is 8.24. The van der Waals surface area contributed by atoms with Crippen molar-refractivity contribution in [2.75, 3.05) is 13.7 Å². The topological polar surface area (TPSA) is 95.6 Å². The molecule has 0 spiro atoms. The third kappa shape index (κ3) is 5.56. The van der Waals surface area contributed by atoms with E-state index in [9.17, 15) is 19.2 Å². The number of carbonyl (C=O) groups is 4. The van der Waals surface area contributed by atoms with Crippen molar-refractivity contribution in [1.29, 1.82) is 0 Å². The van der Waals surface area contributed by atoms with Crippen LogP contribution in [0.15, 0.2) is 102 Å². The average Bonchev–Trinajstić information content (AvgIpc) is 3.63. The second-order valence-corrected chi connectivity index (χ2v) is 11.5. The van der Waals surface area contributed by atoms with E-state index in [1.807, 2.05) is 6.07 Å². The molecule has 6 rings (SSSR count). The second kappa shape index (κ2) is 12.2. The van der Waals surface area contributed by atoms with Crippen LogP contribution in [0.2, 0.25) is 5.02 Å². The number of rotatable bonds is 8. The molecule has 4 heterocycles. The number of carbonyl (C=O) groups excluding carboxylic acids is 4. The maximum atomic E-state index is 13.5. The maximum Gasteiger partial charge on any atom is 0.340 e. The Kier molecular flexibility index (Phi) is 8.14. The molecular formula is C35H24BrClN2O6. The summed E-state index contributed by atoms with van der Waals surface area (Å²) >= 11 is 9.39. The van der Waals surface area contributed by atoms with Gasteiger partial charge in [-0.05, 0) is 103 Å². The Morgan fingerprint density at radius 2 is 1.16 bits per heavy atom. The molecule has 0 atom stereocenters. The van der Waals surface area contributed by atoms with Crippen LogP contribution in [0.5, 0.6) is 0 Å². The van der Waals surface area contributed by atoms with Gasteiger partial charge in [-0.2, -0.15) is 0 Å². The van der Waals surface area contributed by atoms with E-state index in [-0.39, 0.29) is 35.0 Å². The number of benzene rings is 2. The summed E-state index contributed by atoms with van der Waals surface area (Å²) in [5.74, 6) is -1.69. The molecule has 0 fully saturated rings. The van der Waals surface area contributed by atoms with E-state index < -0.39 is 11.9 Å². The first-order chi connectivity index (χ1) is 21.7. The van der Waals surface area contributed by atoms with Crippen LogP contribution >= 0.6 is 27.5 Å². The zero-order chi connectivity index (χ0) is 31.8. The van der Waals surface area contributed by atoms with Gasteiger partial charge in [0, 0.05) is 33.0 Å². The number of pyridine rings is 2. The number of halogens is 2. The Morgan fingerprint density at radius 1 is 0.689 bits per heavy atom. The fraction of sp³-hybridized carbons (Fsp3) is 0.0857. The molecule has 0 N–H and O–H groups in total. The van der Waals surface area contributed by atoms with Crippen LogP contribution in [0.4, 0.5) is 0 Å². The van der Waals surface area contributed by atoms with Crippen molar-refractivity contribution in [1.82, 2.24) is 8.80 Å². The van der Waals surface area contributed by atoms with Crippen molar-refractivity contribution < 1.29 is 28.7 Å². The Hall–Kier alpha value is -4.99. The Labute approximate surface area is 270 Å². The molecule has 0 amide bonds. The maximum absolute atomic E-state index is 13.5. The van der Waals surface area contributed by atoms with Gasteiger partial charge in [-0.25, -0.2) is 9.59 Å². The molecule has 0 saturated carbocycles. The Morgan fingerprint density at radius 3 is 1.62 bits per heavy atom. The smallest absolute Gasteiger partial charge is 0.340 e.